The summed E-state index contributed by atoms with van der Waals surface area (Å²) in [4.78, 5) is 39.5. The van der Waals surface area contributed by atoms with Gasteiger partial charge in [0.1, 0.15) is 17.9 Å². The van der Waals surface area contributed by atoms with E-state index in [0.29, 0.717) is 12.8 Å². The highest BCUT2D eigenvalue weighted by atomic mass is 19.4. The number of esters is 1. The molecule has 0 radical (unpaired) electrons. The molecule has 2 atom stereocenters. The third-order valence-corrected chi connectivity index (χ3v) is 6.45. The summed E-state index contributed by atoms with van der Waals surface area (Å²) in [5.41, 5.74) is -0.939. The van der Waals surface area contributed by atoms with Crippen LogP contribution in [0.1, 0.15) is 56.7 Å². The molecule has 0 unspecified atom stereocenters. The van der Waals surface area contributed by atoms with E-state index < -0.39 is 47.6 Å². The lowest BCUT2D eigenvalue weighted by atomic mass is 9.98. The number of alkyl carbamates (subject to hydrolysis) is 1. The van der Waals surface area contributed by atoms with Gasteiger partial charge in [-0.25, -0.2) is 14.4 Å². The van der Waals surface area contributed by atoms with Gasteiger partial charge in [-0.2, -0.15) is 13.2 Å². The summed E-state index contributed by atoms with van der Waals surface area (Å²) in [5.74, 6) is -0.820. The number of carbonyl (C=O) groups is 3. The van der Waals surface area contributed by atoms with Crippen LogP contribution in [0.15, 0.2) is 66.4 Å². The molecule has 222 valence electrons. The van der Waals surface area contributed by atoms with Crippen LogP contribution in [0, 0.1) is 0 Å². The molecule has 2 amide bonds. The molecule has 1 N–H and O–H groups in total. The van der Waals surface area contributed by atoms with Gasteiger partial charge in [-0.05, 0) is 63.6 Å². The molecule has 1 fully saturated rings. The van der Waals surface area contributed by atoms with Crippen LogP contribution in [-0.2, 0) is 38.2 Å². The smallest absolute Gasteiger partial charge is 0.416 e. The Kier molecular flexibility index (Phi) is 10.4. The van der Waals surface area contributed by atoms with E-state index in [4.69, 9.17) is 14.2 Å². The Hall–Kier alpha value is -4.02. The summed E-state index contributed by atoms with van der Waals surface area (Å²) in [6.07, 6.45) is -3.71. The molecule has 0 aromatic heterocycles. The van der Waals surface area contributed by atoms with Crippen molar-refractivity contribution in [1.29, 1.82) is 0 Å². The van der Waals surface area contributed by atoms with Crippen LogP contribution in [0.2, 0.25) is 0 Å². The molecule has 0 saturated carbocycles. The first-order chi connectivity index (χ1) is 19.3. The van der Waals surface area contributed by atoms with E-state index in [-0.39, 0.29) is 30.7 Å². The van der Waals surface area contributed by atoms with E-state index in [1.807, 2.05) is 6.07 Å². The number of amides is 2. The number of ether oxygens (including phenoxy) is 3. The number of nitrogens with zero attached hydrogens (tertiary/aromatic N) is 1. The van der Waals surface area contributed by atoms with Crippen molar-refractivity contribution in [2.75, 3.05) is 7.11 Å². The minimum atomic E-state index is -4.54. The minimum Gasteiger partial charge on any atom is -0.464 e. The van der Waals surface area contributed by atoms with Crippen molar-refractivity contribution in [3.63, 3.8) is 0 Å². The topological polar surface area (TPSA) is 94.2 Å². The van der Waals surface area contributed by atoms with Crippen molar-refractivity contribution < 1.29 is 41.8 Å². The molecule has 8 nitrogen and oxygen atoms in total. The van der Waals surface area contributed by atoms with Gasteiger partial charge in [0.25, 0.3) is 0 Å². The Labute approximate surface area is 237 Å². The van der Waals surface area contributed by atoms with Crippen molar-refractivity contribution in [1.82, 2.24) is 10.2 Å². The molecule has 0 aliphatic carbocycles. The zero-order valence-corrected chi connectivity index (χ0v) is 23.5. The molecule has 11 heteroatoms. The van der Waals surface area contributed by atoms with Crippen LogP contribution in [0.4, 0.5) is 22.8 Å². The first kappa shape index (κ1) is 31.5. The first-order valence-electron chi connectivity index (χ1n) is 13.2. The second kappa shape index (κ2) is 13.6. The summed E-state index contributed by atoms with van der Waals surface area (Å²) >= 11 is 0. The van der Waals surface area contributed by atoms with E-state index in [1.54, 1.807) is 45.0 Å². The number of halogens is 3. The number of nitrogens with one attached hydrogen (secondary N) is 1. The number of benzene rings is 2. The van der Waals surface area contributed by atoms with Gasteiger partial charge < -0.3 is 19.1 Å². The van der Waals surface area contributed by atoms with Crippen molar-refractivity contribution >= 4 is 18.2 Å². The third kappa shape index (κ3) is 9.26. The zero-order chi connectivity index (χ0) is 30.2. The number of hydrogen-bond acceptors (Lipinski definition) is 6. The van der Waals surface area contributed by atoms with E-state index in [0.717, 1.165) is 18.7 Å². The fourth-order valence-corrected chi connectivity index (χ4v) is 4.65. The maximum Gasteiger partial charge on any atom is 0.416 e. The normalized spacial score (nSPS) is 17.6. The number of likely N-dealkylation sites (tertiary alicyclic amines) is 1. The average Bonchev–Trinajstić information content (AvgIpc) is 3.31. The number of hydrogen-bond donors (Lipinski definition) is 1. The van der Waals surface area contributed by atoms with Crippen LogP contribution in [0.3, 0.4) is 0 Å². The molecule has 1 heterocycles. The van der Waals surface area contributed by atoms with Crippen LogP contribution >= 0.6 is 0 Å². The van der Waals surface area contributed by atoms with Crippen LogP contribution in [-0.4, -0.2) is 47.9 Å². The van der Waals surface area contributed by atoms with E-state index >= 15 is 0 Å². The predicted molar refractivity (Wildman–Crippen MR) is 145 cm³/mol. The fourth-order valence-electron chi connectivity index (χ4n) is 4.65. The fraction of sp³-hybridized carbons (Fsp3) is 0.433. The molecule has 2 aromatic carbocycles. The van der Waals surface area contributed by atoms with E-state index in [1.165, 1.54) is 29.2 Å². The zero-order valence-electron chi connectivity index (χ0n) is 23.5. The maximum atomic E-state index is 13.7. The second-order valence-electron chi connectivity index (χ2n) is 10.7. The summed E-state index contributed by atoms with van der Waals surface area (Å²) in [6.45, 7) is 5.08. The highest BCUT2D eigenvalue weighted by Gasteiger charge is 2.41. The maximum absolute atomic E-state index is 13.7. The summed E-state index contributed by atoms with van der Waals surface area (Å²) in [7, 11) is 1.16. The third-order valence-electron chi connectivity index (χ3n) is 6.45. The van der Waals surface area contributed by atoms with Gasteiger partial charge in [-0.1, -0.05) is 54.6 Å². The lowest BCUT2D eigenvalue weighted by Crippen LogP contribution is -2.45. The molecule has 2 aromatic rings. The predicted octanol–water partition coefficient (Wildman–Crippen LogP) is 6.39. The van der Waals surface area contributed by atoms with Gasteiger partial charge >= 0.3 is 24.3 Å². The Bertz CT molecular complexity index is 1240. The highest BCUT2D eigenvalue weighted by Crippen LogP contribution is 2.36. The number of carbonyl (C=O) groups excluding carboxylic acids is 3. The Balaban J connectivity index is 1.79. The molecule has 0 bridgehead atoms. The van der Waals surface area contributed by atoms with Crippen molar-refractivity contribution in [2.24, 2.45) is 0 Å². The lowest BCUT2D eigenvalue weighted by molar-refractivity contribution is -0.138. The standard InChI is InChI=1S/C30H35F3N2O6/c1-29(2,3)41-28(38)35-22(14-15-23(35)18-21-12-8-9-13-24(21)30(31,32)33)16-17-25(26(36)39-4)34-27(37)40-19-20-10-6-5-7-11-20/h5-13,17,22-23H,14-16,18-19H2,1-4H3,(H,34,37)/b25-17-/t22-,23-/m0/s1. The van der Waals surface area contributed by atoms with Crippen LogP contribution < -0.4 is 5.32 Å². The molecule has 1 aliphatic rings. The summed E-state index contributed by atoms with van der Waals surface area (Å²) in [5, 5.41) is 2.39. The Morgan fingerprint density at radius 1 is 0.976 bits per heavy atom. The highest BCUT2D eigenvalue weighted by molar-refractivity contribution is 5.92. The van der Waals surface area contributed by atoms with Gasteiger partial charge in [0.15, 0.2) is 0 Å². The van der Waals surface area contributed by atoms with Gasteiger partial charge in [-0.15, -0.1) is 0 Å². The second-order valence-corrected chi connectivity index (χ2v) is 10.7. The number of alkyl halides is 3. The van der Waals surface area contributed by atoms with E-state index in [9.17, 15) is 27.6 Å². The lowest BCUT2D eigenvalue weighted by Gasteiger charge is -2.33. The Morgan fingerprint density at radius 3 is 2.24 bits per heavy atom. The van der Waals surface area contributed by atoms with E-state index in [2.05, 4.69) is 5.32 Å². The first-order valence-corrected chi connectivity index (χ1v) is 13.2. The van der Waals surface area contributed by atoms with Crippen molar-refractivity contribution in [3.8, 4) is 0 Å². The largest absolute Gasteiger partial charge is 0.464 e. The monoisotopic (exact) mass is 576 g/mol. The molecule has 1 saturated heterocycles. The quantitative estimate of drug-likeness (QED) is 0.222. The number of methoxy groups -OCH3 is 1. The average molecular weight is 577 g/mol. The molecule has 3 rings (SSSR count). The molecular formula is C30H35F3N2O6. The molecule has 41 heavy (non-hydrogen) atoms. The summed E-state index contributed by atoms with van der Waals surface area (Å²) in [6, 6.07) is 13.2. The minimum absolute atomic E-state index is 0.0166. The van der Waals surface area contributed by atoms with Crippen molar-refractivity contribution in [2.45, 2.75) is 76.9 Å². The van der Waals surface area contributed by atoms with Gasteiger partial charge in [0.05, 0.1) is 12.7 Å². The van der Waals surface area contributed by atoms with Crippen LogP contribution in [0.25, 0.3) is 0 Å². The Morgan fingerprint density at radius 2 is 1.61 bits per heavy atom. The van der Waals surface area contributed by atoms with Gasteiger partial charge in [0, 0.05) is 12.1 Å². The van der Waals surface area contributed by atoms with Crippen LogP contribution in [0.5, 0.6) is 0 Å². The van der Waals surface area contributed by atoms with Gasteiger partial charge in [-0.3, -0.25) is 5.32 Å². The van der Waals surface area contributed by atoms with Crippen molar-refractivity contribution in [3.05, 3.63) is 83.1 Å². The molecule has 1 aliphatic heterocycles. The molecular weight excluding hydrogens is 541 g/mol. The number of rotatable bonds is 8. The SMILES string of the molecule is COC(=O)/C(=C/C[C@@H]1CC[C@@H](Cc2ccccc2C(F)(F)F)N1C(=O)OC(C)(C)C)NC(=O)OCc1ccccc1. The molecule has 0 spiro atoms. The van der Waals surface area contributed by atoms with Gasteiger partial charge in [0.2, 0.25) is 0 Å². The summed E-state index contributed by atoms with van der Waals surface area (Å²) < 4.78 is 56.5.